The van der Waals surface area contributed by atoms with Gasteiger partial charge in [0, 0.05) is 31.6 Å². The molecule has 1 unspecified atom stereocenters. The van der Waals surface area contributed by atoms with E-state index in [1.54, 1.807) is 24.3 Å². The maximum Gasteiger partial charge on any atom is 0.263 e. The molecule has 7 nitrogen and oxygen atoms in total. The molecule has 2 aliphatic heterocycles. The molecule has 1 fully saturated rings. The fraction of sp³-hybridized carbons (Fsp3) is 0.556. The van der Waals surface area contributed by atoms with Crippen LogP contribution in [0.1, 0.15) is 31.2 Å². The van der Waals surface area contributed by atoms with E-state index in [4.69, 9.17) is 0 Å². The zero-order chi connectivity index (χ0) is 18.6. The summed E-state index contributed by atoms with van der Waals surface area (Å²) in [7, 11) is -1.56. The van der Waals surface area contributed by atoms with Gasteiger partial charge in [-0.2, -0.15) is 0 Å². The van der Waals surface area contributed by atoms with E-state index >= 15 is 0 Å². The molecule has 2 aliphatic rings. The van der Waals surface area contributed by atoms with Gasteiger partial charge < -0.3 is 10.2 Å². The molecule has 1 amide bonds. The monoisotopic (exact) mass is 414 g/mol. The van der Waals surface area contributed by atoms with Crippen molar-refractivity contribution in [2.24, 2.45) is 10.9 Å². The van der Waals surface area contributed by atoms with Crippen LogP contribution in [0, 0.1) is 5.92 Å². The van der Waals surface area contributed by atoms with Gasteiger partial charge in [0.05, 0.1) is 4.90 Å². The van der Waals surface area contributed by atoms with Gasteiger partial charge in [0.1, 0.15) is 5.84 Å². The average molecular weight is 415 g/mol. The molecule has 0 spiro atoms. The maximum absolute atomic E-state index is 12.4. The van der Waals surface area contributed by atoms with Crippen LogP contribution in [0.4, 0.5) is 0 Å². The van der Waals surface area contributed by atoms with Gasteiger partial charge in [-0.15, -0.1) is 12.4 Å². The number of amides is 1. The summed E-state index contributed by atoms with van der Waals surface area (Å²) in [6, 6.07) is 6.80. The largest absolute Gasteiger partial charge is 0.342 e. The van der Waals surface area contributed by atoms with Gasteiger partial charge in [0.25, 0.3) is 10.0 Å². The van der Waals surface area contributed by atoms with E-state index in [1.807, 2.05) is 11.9 Å². The Bertz CT molecular complexity index is 796. The number of amidine groups is 1. The highest BCUT2D eigenvalue weighted by atomic mass is 35.5. The summed E-state index contributed by atoms with van der Waals surface area (Å²) in [6.07, 6.45) is 3.27. The van der Waals surface area contributed by atoms with Gasteiger partial charge in [-0.1, -0.05) is 12.1 Å². The van der Waals surface area contributed by atoms with Crippen LogP contribution in [-0.4, -0.2) is 58.3 Å². The Labute approximate surface area is 167 Å². The van der Waals surface area contributed by atoms with E-state index in [-0.39, 0.29) is 23.2 Å². The number of sulfonamides is 1. The number of benzene rings is 1. The second-order valence-corrected chi connectivity index (χ2v) is 8.49. The van der Waals surface area contributed by atoms with Crippen LogP contribution in [0.25, 0.3) is 0 Å². The number of fused-ring (bicyclic) bond motifs is 1. The number of halogens is 1. The molecule has 0 aromatic heterocycles. The Hall–Kier alpha value is -1.64. The molecule has 1 aromatic carbocycles. The van der Waals surface area contributed by atoms with Crippen LogP contribution >= 0.6 is 12.4 Å². The van der Waals surface area contributed by atoms with Gasteiger partial charge in [-0.05, 0) is 50.9 Å². The number of nitrogens with one attached hydrogen (secondary N) is 2. The molecule has 1 saturated heterocycles. The third-order valence-corrected chi connectivity index (χ3v) is 6.24. The highest BCUT2D eigenvalue weighted by molar-refractivity contribution is 7.90. The van der Waals surface area contributed by atoms with Crippen LogP contribution in [0.15, 0.2) is 34.2 Å². The van der Waals surface area contributed by atoms with Crippen molar-refractivity contribution in [1.29, 1.82) is 0 Å². The number of carbonyl (C=O) groups is 1. The Morgan fingerprint density at radius 1 is 1.37 bits per heavy atom. The molecule has 150 valence electrons. The molecule has 27 heavy (non-hydrogen) atoms. The molecule has 3 rings (SSSR count). The number of likely N-dealkylation sites (tertiary alicyclic amines) is 1. The molecule has 0 aliphatic carbocycles. The Morgan fingerprint density at radius 2 is 2.15 bits per heavy atom. The topological polar surface area (TPSA) is 90.9 Å². The fourth-order valence-electron chi connectivity index (χ4n) is 3.58. The second-order valence-electron chi connectivity index (χ2n) is 6.84. The van der Waals surface area contributed by atoms with Crippen molar-refractivity contribution in [3.05, 3.63) is 29.8 Å². The zero-order valence-electron chi connectivity index (χ0n) is 15.5. The molecule has 1 aromatic rings. The van der Waals surface area contributed by atoms with Gasteiger partial charge in [0.2, 0.25) is 5.91 Å². The summed E-state index contributed by atoms with van der Waals surface area (Å²) >= 11 is 0. The van der Waals surface area contributed by atoms with E-state index in [0.29, 0.717) is 36.7 Å². The maximum atomic E-state index is 12.4. The predicted octanol–water partition coefficient (Wildman–Crippen LogP) is 1.39. The highest BCUT2D eigenvalue weighted by Crippen LogP contribution is 2.22. The lowest BCUT2D eigenvalue weighted by molar-refractivity contribution is -0.133. The summed E-state index contributed by atoms with van der Waals surface area (Å²) in [5.41, 5.74) is 0.602. The Morgan fingerprint density at radius 3 is 2.93 bits per heavy atom. The molecule has 2 heterocycles. The second kappa shape index (κ2) is 9.52. The number of carbonyl (C=O) groups excluding carboxylic acids is 1. The fourth-order valence-corrected chi connectivity index (χ4v) is 4.83. The van der Waals surface area contributed by atoms with Crippen LogP contribution in [0.2, 0.25) is 0 Å². The number of aliphatic imine (C=N–C) groups is 1. The SMILES string of the molecule is CNCC1CCCN(C(=O)CCCN=C2NS(=O)(=O)c3ccccc32)C1.Cl. The van der Waals surface area contributed by atoms with E-state index in [1.165, 1.54) is 0 Å². The van der Waals surface area contributed by atoms with Gasteiger partial charge in [-0.25, -0.2) is 8.42 Å². The van der Waals surface area contributed by atoms with E-state index < -0.39 is 10.0 Å². The molecule has 2 N–H and O–H groups in total. The van der Waals surface area contributed by atoms with E-state index in [0.717, 1.165) is 32.5 Å². The highest BCUT2D eigenvalue weighted by Gasteiger charge is 2.30. The van der Waals surface area contributed by atoms with E-state index in [2.05, 4.69) is 15.0 Å². The summed E-state index contributed by atoms with van der Waals surface area (Å²) < 4.78 is 26.6. The van der Waals surface area contributed by atoms with Gasteiger partial charge in [0.15, 0.2) is 0 Å². The van der Waals surface area contributed by atoms with Crippen molar-refractivity contribution in [3.63, 3.8) is 0 Å². The number of rotatable bonds is 6. The zero-order valence-corrected chi connectivity index (χ0v) is 17.1. The molecule has 1 atom stereocenters. The normalized spacial score (nSPS) is 22.0. The standard InChI is InChI=1S/C18H26N4O3S.ClH/c1-19-12-14-6-5-11-22(13-14)17(23)9-4-10-20-18-15-7-2-3-8-16(15)26(24,25)21-18;/h2-3,7-8,14,19H,4-6,9-13H2,1H3,(H,20,21);1H. The lowest BCUT2D eigenvalue weighted by Gasteiger charge is -2.32. The smallest absolute Gasteiger partial charge is 0.263 e. The van der Waals surface area contributed by atoms with Crippen molar-refractivity contribution < 1.29 is 13.2 Å². The average Bonchev–Trinajstić information content (AvgIpc) is 2.90. The van der Waals surface area contributed by atoms with Crippen molar-refractivity contribution in [2.45, 2.75) is 30.6 Å². The molecule has 0 radical (unpaired) electrons. The number of hydrogen-bond donors (Lipinski definition) is 2. The third-order valence-electron chi connectivity index (χ3n) is 4.85. The van der Waals surface area contributed by atoms with Crippen molar-refractivity contribution in [1.82, 2.24) is 14.9 Å². The first-order chi connectivity index (χ1) is 12.5. The molecule has 0 bridgehead atoms. The van der Waals surface area contributed by atoms with Crippen molar-refractivity contribution in [2.75, 3.05) is 33.2 Å². The Balaban J connectivity index is 0.00000261. The van der Waals surface area contributed by atoms with Crippen LogP contribution in [0.3, 0.4) is 0 Å². The summed E-state index contributed by atoms with van der Waals surface area (Å²) in [6.45, 7) is 3.02. The lowest BCUT2D eigenvalue weighted by Crippen LogP contribution is -2.42. The van der Waals surface area contributed by atoms with Gasteiger partial charge in [-0.3, -0.25) is 14.5 Å². The first-order valence-electron chi connectivity index (χ1n) is 9.10. The van der Waals surface area contributed by atoms with Crippen LogP contribution in [-0.2, 0) is 14.8 Å². The summed E-state index contributed by atoms with van der Waals surface area (Å²) in [5, 5.41) is 3.18. The minimum atomic E-state index is -3.50. The third kappa shape index (κ3) is 5.21. The summed E-state index contributed by atoms with van der Waals surface area (Å²) in [5.74, 6) is 1.07. The molecule has 9 heteroatoms. The van der Waals surface area contributed by atoms with Gasteiger partial charge >= 0.3 is 0 Å². The van der Waals surface area contributed by atoms with E-state index in [9.17, 15) is 13.2 Å². The Kier molecular flexibility index (Phi) is 7.64. The van der Waals surface area contributed by atoms with Crippen LogP contribution < -0.4 is 10.0 Å². The van der Waals surface area contributed by atoms with Crippen molar-refractivity contribution >= 4 is 34.2 Å². The predicted molar refractivity (Wildman–Crippen MR) is 108 cm³/mol. The number of hydrogen-bond acceptors (Lipinski definition) is 5. The minimum absolute atomic E-state index is 0. The quantitative estimate of drug-likeness (QED) is 0.688. The van der Waals surface area contributed by atoms with Crippen molar-refractivity contribution in [3.8, 4) is 0 Å². The molecular formula is C18H27ClN4O3S. The number of nitrogens with zero attached hydrogens (tertiary/aromatic N) is 2. The minimum Gasteiger partial charge on any atom is -0.342 e. The molecular weight excluding hydrogens is 388 g/mol. The summed E-state index contributed by atoms with van der Waals surface area (Å²) in [4.78, 5) is 19.0. The molecule has 0 saturated carbocycles. The first kappa shape index (κ1) is 21.7. The first-order valence-corrected chi connectivity index (χ1v) is 10.6. The lowest BCUT2D eigenvalue weighted by atomic mass is 9.97. The van der Waals surface area contributed by atoms with Crippen LogP contribution in [0.5, 0.6) is 0 Å². The number of piperidine rings is 1.